The van der Waals surface area contributed by atoms with E-state index in [1.165, 1.54) is 23.1 Å². The minimum Gasteiger partial charge on any atom is -0.383 e. The van der Waals surface area contributed by atoms with Gasteiger partial charge in [-0.25, -0.2) is 8.78 Å². The fraction of sp³-hybridized carbons (Fsp3) is 0.500. The molecule has 0 radical (unpaired) electrons. The lowest BCUT2D eigenvalue weighted by molar-refractivity contribution is -0.169. The van der Waals surface area contributed by atoms with E-state index in [1.54, 1.807) is 0 Å². The van der Waals surface area contributed by atoms with Crippen molar-refractivity contribution >= 4 is 23.6 Å². The number of amides is 3. The van der Waals surface area contributed by atoms with Crippen molar-refractivity contribution in [2.45, 2.75) is 43.6 Å². The summed E-state index contributed by atoms with van der Waals surface area (Å²) >= 11 is 0. The molecule has 1 aromatic carbocycles. The highest BCUT2D eigenvalue weighted by molar-refractivity contribution is 6.07. The molecule has 3 atom stereocenters. The van der Waals surface area contributed by atoms with E-state index in [0.29, 0.717) is 12.0 Å². The van der Waals surface area contributed by atoms with E-state index in [2.05, 4.69) is 10.3 Å². The highest BCUT2D eigenvalue weighted by atomic mass is 19.4. The van der Waals surface area contributed by atoms with Gasteiger partial charge in [-0.1, -0.05) is 12.1 Å². The Balaban J connectivity index is 1.51. The zero-order valence-corrected chi connectivity index (χ0v) is 17.0. The van der Waals surface area contributed by atoms with Crippen LogP contribution in [0.15, 0.2) is 23.2 Å². The summed E-state index contributed by atoms with van der Waals surface area (Å²) in [6.07, 6.45) is -5.37. The number of benzene rings is 1. The second-order valence-corrected chi connectivity index (χ2v) is 8.17. The number of nitrogens with two attached hydrogens (primary N) is 1. The van der Waals surface area contributed by atoms with Crippen LogP contribution >= 0.6 is 0 Å². The Morgan fingerprint density at radius 2 is 1.97 bits per heavy atom. The Kier molecular flexibility index (Phi) is 5.63. The number of halogens is 5. The summed E-state index contributed by atoms with van der Waals surface area (Å²) in [5.74, 6) is -8.72. The van der Waals surface area contributed by atoms with Crippen molar-refractivity contribution in [1.82, 2.24) is 10.2 Å². The highest BCUT2D eigenvalue weighted by Crippen LogP contribution is 2.48. The predicted molar refractivity (Wildman–Crippen MR) is 102 cm³/mol. The predicted octanol–water partition coefficient (Wildman–Crippen LogP) is 1.37. The Hall–Kier alpha value is -3.09. The van der Waals surface area contributed by atoms with Crippen molar-refractivity contribution in [1.29, 1.82) is 0 Å². The Bertz CT molecular complexity index is 1040. The molecule has 0 spiro atoms. The van der Waals surface area contributed by atoms with Crippen molar-refractivity contribution < 1.29 is 41.1 Å². The van der Waals surface area contributed by atoms with E-state index in [0.717, 1.165) is 0 Å². The maximum Gasteiger partial charge on any atom is 0.473 e. The van der Waals surface area contributed by atoms with Crippen LogP contribution in [0.2, 0.25) is 0 Å². The second kappa shape index (κ2) is 8.04. The zero-order valence-electron chi connectivity index (χ0n) is 17.0. The number of hydrogen-bond acceptors (Lipinski definition) is 4. The lowest BCUT2D eigenvalue weighted by atomic mass is 10.0. The number of nitrogens with zero attached hydrogens (tertiary/aromatic N) is 2. The summed E-state index contributed by atoms with van der Waals surface area (Å²) in [6, 6.07) is 2.82. The number of hydrogen-bond donors (Lipinski definition) is 2. The third-order valence-corrected chi connectivity index (χ3v) is 5.90. The molecule has 33 heavy (non-hydrogen) atoms. The van der Waals surface area contributed by atoms with E-state index in [9.17, 15) is 36.3 Å². The summed E-state index contributed by atoms with van der Waals surface area (Å²) in [5.41, 5.74) is 6.17. The topological polar surface area (TPSA) is 114 Å². The number of ether oxygens (including phenoxy) is 1. The molecular formula is C20H19F5N4O4. The molecule has 8 nitrogen and oxygen atoms in total. The number of nitrogens with one attached hydrogen (secondary N) is 1. The maximum absolute atomic E-state index is 13.2. The molecule has 0 bridgehead atoms. The lowest BCUT2D eigenvalue weighted by Gasteiger charge is -2.38. The minimum atomic E-state index is -5.18. The van der Waals surface area contributed by atoms with Crippen LogP contribution in [-0.2, 0) is 20.9 Å². The Morgan fingerprint density at radius 3 is 2.61 bits per heavy atom. The van der Waals surface area contributed by atoms with Crippen LogP contribution in [0.25, 0.3) is 0 Å². The molecule has 1 aliphatic carbocycles. The first-order chi connectivity index (χ1) is 15.4. The van der Waals surface area contributed by atoms with Crippen molar-refractivity contribution in [3.05, 3.63) is 34.9 Å². The molecule has 1 saturated carbocycles. The molecule has 3 amide bonds. The average Bonchev–Trinajstić information content (AvgIpc) is 3.27. The van der Waals surface area contributed by atoms with Gasteiger partial charge in [-0.2, -0.15) is 18.2 Å². The van der Waals surface area contributed by atoms with Gasteiger partial charge in [0.15, 0.2) is 0 Å². The van der Waals surface area contributed by atoms with Crippen LogP contribution in [0, 0.1) is 5.92 Å². The molecule has 13 heteroatoms. The second-order valence-electron chi connectivity index (χ2n) is 8.17. The summed E-state index contributed by atoms with van der Waals surface area (Å²) in [5, 5.41) is 2.60. The quantitative estimate of drug-likeness (QED) is 0.389. The number of carbonyl (C=O) groups is 3. The summed E-state index contributed by atoms with van der Waals surface area (Å²) < 4.78 is 69.2. The van der Waals surface area contributed by atoms with Gasteiger partial charge < -0.3 is 20.7 Å². The number of amidine groups is 1. The van der Waals surface area contributed by atoms with Gasteiger partial charge in [-0.05, 0) is 18.1 Å². The molecule has 4 rings (SSSR count). The number of alkyl halides is 5. The van der Waals surface area contributed by atoms with Gasteiger partial charge in [0.25, 0.3) is 11.8 Å². The standard InChI is InChI=1S/C20H19F5N4O4/c21-19(22)6-12(19)16(30)27-13-3-4-33-8-14(13)29-7-10-2-1-9(5-11(10)17(29)31)15(26)28-18(32)20(23,24)25/h1-2,5,12-14H,3-4,6-8H2,(H,27,30)(H2,26,28,32)/t12?,13-,14?/m0/s1. The van der Waals surface area contributed by atoms with Gasteiger partial charge in [0, 0.05) is 30.7 Å². The Morgan fingerprint density at radius 1 is 1.27 bits per heavy atom. The zero-order chi connectivity index (χ0) is 24.1. The summed E-state index contributed by atoms with van der Waals surface area (Å²) in [7, 11) is 0. The summed E-state index contributed by atoms with van der Waals surface area (Å²) in [6.45, 7) is 0.469. The molecule has 1 aromatic rings. The number of rotatable bonds is 4. The van der Waals surface area contributed by atoms with Crippen LogP contribution in [0.5, 0.6) is 0 Å². The monoisotopic (exact) mass is 474 g/mol. The molecule has 178 valence electrons. The third-order valence-electron chi connectivity index (χ3n) is 5.90. The first kappa shape index (κ1) is 23.1. The van der Waals surface area contributed by atoms with Crippen molar-refractivity contribution in [3.63, 3.8) is 0 Å². The minimum absolute atomic E-state index is 0.0396. The molecule has 2 heterocycles. The van der Waals surface area contributed by atoms with E-state index >= 15 is 0 Å². The lowest BCUT2D eigenvalue weighted by Crippen LogP contribution is -2.57. The first-order valence-corrected chi connectivity index (χ1v) is 10.0. The van der Waals surface area contributed by atoms with E-state index in [1.807, 2.05) is 0 Å². The van der Waals surface area contributed by atoms with Crippen molar-refractivity contribution in [3.8, 4) is 0 Å². The maximum atomic E-state index is 13.2. The molecular weight excluding hydrogens is 455 g/mol. The number of fused-ring (bicyclic) bond motifs is 1. The van der Waals surface area contributed by atoms with E-state index < -0.39 is 60.1 Å². The first-order valence-electron chi connectivity index (χ1n) is 10.0. The smallest absolute Gasteiger partial charge is 0.383 e. The third kappa shape index (κ3) is 4.54. The van der Waals surface area contributed by atoms with Crippen LogP contribution in [0.4, 0.5) is 22.0 Å². The molecule has 1 saturated heterocycles. The highest BCUT2D eigenvalue weighted by Gasteiger charge is 2.61. The average molecular weight is 474 g/mol. The molecule has 2 fully saturated rings. The summed E-state index contributed by atoms with van der Waals surface area (Å²) in [4.78, 5) is 40.5. The molecule has 3 aliphatic rings. The molecule has 2 unspecified atom stereocenters. The van der Waals surface area contributed by atoms with Crippen molar-refractivity contribution in [2.24, 2.45) is 16.6 Å². The Labute approximate surface area is 183 Å². The fourth-order valence-corrected chi connectivity index (χ4v) is 3.97. The van der Waals surface area contributed by atoms with E-state index in [4.69, 9.17) is 10.5 Å². The molecule has 0 aromatic heterocycles. The molecule has 2 aliphatic heterocycles. The van der Waals surface area contributed by atoms with Gasteiger partial charge in [-0.15, -0.1) is 0 Å². The van der Waals surface area contributed by atoms with E-state index in [-0.39, 0.29) is 30.9 Å². The van der Waals surface area contributed by atoms with Gasteiger partial charge in [0.2, 0.25) is 5.91 Å². The normalized spacial score (nSPS) is 26.7. The van der Waals surface area contributed by atoms with Crippen LogP contribution < -0.4 is 11.1 Å². The SMILES string of the molecule is NC(=NC(=O)C(F)(F)F)c1ccc2c(c1)C(=O)N(C1COCC[C@@H]1NC(=O)C1CC1(F)F)C2. The van der Waals surface area contributed by atoms with Crippen LogP contribution in [-0.4, -0.2) is 65.9 Å². The molecule has 3 N–H and O–H groups in total. The van der Waals surface area contributed by atoms with Gasteiger partial charge in [-0.3, -0.25) is 14.4 Å². The van der Waals surface area contributed by atoms with Gasteiger partial charge >= 0.3 is 12.1 Å². The van der Waals surface area contributed by atoms with Crippen molar-refractivity contribution in [2.75, 3.05) is 13.2 Å². The van der Waals surface area contributed by atoms with Crippen LogP contribution in [0.3, 0.4) is 0 Å². The van der Waals surface area contributed by atoms with Gasteiger partial charge in [0.05, 0.1) is 18.7 Å². The number of aliphatic imine (C=N–C) groups is 1. The largest absolute Gasteiger partial charge is 0.473 e. The fourth-order valence-electron chi connectivity index (χ4n) is 3.97. The number of carbonyl (C=O) groups excluding carboxylic acids is 3. The van der Waals surface area contributed by atoms with Gasteiger partial charge in [0.1, 0.15) is 11.8 Å². The van der Waals surface area contributed by atoms with Crippen LogP contribution in [0.1, 0.15) is 34.3 Å².